The molecule has 0 fully saturated rings. The third-order valence-corrected chi connectivity index (χ3v) is 2.07. The molecule has 2 rings (SSSR count). The summed E-state index contributed by atoms with van der Waals surface area (Å²) in [5, 5.41) is 20.8. The average molecular weight is 193 g/mol. The van der Waals surface area contributed by atoms with Crippen LogP contribution in [0.25, 0.3) is 5.65 Å². The third-order valence-electron chi connectivity index (χ3n) is 2.07. The van der Waals surface area contributed by atoms with E-state index in [-0.39, 0.29) is 6.04 Å². The average Bonchev–Trinajstić information content (AvgIpc) is 2.63. The predicted octanol–water partition coefficient (Wildman–Crippen LogP) is -0.495. The molecule has 0 radical (unpaired) electrons. The van der Waals surface area contributed by atoms with E-state index in [2.05, 4.69) is 15.5 Å². The Morgan fingerprint density at radius 1 is 1.57 bits per heavy atom. The Bertz CT molecular complexity index is 438. The lowest BCUT2D eigenvalue weighted by Crippen LogP contribution is -2.24. The van der Waals surface area contributed by atoms with Crippen molar-refractivity contribution in [3.63, 3.8) is 0 Å². The number of aliphatic hydroxyl groups excluding tert-OH is 1. The fourth-order valence-electron chi connectivity index (χ4n) is 1.30. The molecular weight excluding hydrogens is 182 g/mol. The first-order chi connectivity index (χ1) is 6.70. The van der Waals surface area contributed by atoms with Gasteiger partial charge in [0.1, 0.15) is 0 Å². The largest absolute Gasteiger partial charge is 0.387 e. The van der Waals surface area contributed by atoms with E-state index < -0.39 is 6.10 Å². The molecule has 6 heteroatoms. The minimum atomic E-state index is -0.746. The Hall–Kier alpha value is -1.53. The fraction of sp³-hybridized carbons (Fsp3) is 0.375. The quantitative estimate of drug-likeness (QED) is 0.671. The molecule has 0 spiro atoms. The van der Waals surface area contributed by atoms with Crippen molar-refractivity contribution in [3.8, 4) is 0 Å². The number of hydrogen-bond donors (Lipinski definition) is 2. The molecule has 2 unspecified atom stereocenters. The van der Waals surface area contributed by atoms with Crippen molar-refractivity contribution in [2.24, 2.45) is 5.73 Å². The highest BCUT2D eigenvalue weighted by molar-refractivity contribution is 5.46. The summed E-state index contributed by atoms with van der Waals surface area (Å²) >= 11 is 0. The van der Waals surface area contributed by atoms with E-state index in [0.717, 1.165) is 0 Å². The number of aliphatic hydroxyl groups is 1. The Morgan fingerprint density at radius 2 is 2.36 bits per heavy atom. The number of hydrogen-bond acceptors (Lipinski definition) is 5. The maximum atomic E-state index is 9.78. The van der Waals surface area contributed by atoms with Crippen molar-refractivity contribution in [1.82, 2.24) is 20.0 Å². The molecule has 3 N–H and O–H groups in total. The van der Waals surface area contributed by atoms with Gasteiger partial charge in [-0.05, 0) is 23.4 Å². The van der Waals surface area contributed by atoms with E-state index in [1.165, 1.54) is 4.52 Å². The van der Waals surface area contributed by atoms with E-state index in [9.17, 15) is 5.11 Å². The SMILES string of the molecule is CC(N)C(O)c1cccn2nnnc12. The van der Waals surface area contributed by atoms with Crippen molar-refractivity contribution in [1.29, 1.82) is 0 Å². The molecule has 0 aliphatic heterocycles. The number of tetrazole rings is 1. The van der Waals surface area contributed by atoms with Crippen molar-refractivity contribution in [2.45, 2.75) is 19.1 Å². The van der Waals surface area contributed by atoms with Crippen LogP contribution in [0, 0.1) is 0 Å². The topological polar surface area (TPSA) is 89.3 Å². The Morgan fingerprint density at radius 3 is 3.07 bits per heavy atom. The van der Waals surface area contributed by atoms with Crippen LogP contribution in [-0.4, -0.2) is 31.2 Å². The van der Waals surface area contributed by atoms with Crippen molar-refractivity contribution in [3.05, 3.63) is 23.9 Å². The standard InChI is InChI=1S/C8H11N5O/c1-5(9)7(14)6-3-2-4-13-8(6)10-11-12-13/h2-5,7,14H,9H2,1H3. The zero-order chi connectivity index (χ0) is 10.1. The number of aromatic nitrogens is 4. The second kappa shape index (κ2) is 3.32. The Labute approximate surface area is 80.3 Å². The number of fused-ring (bicyclic) bond motifs is 1. The van der Waals surface area contributed by atoms with Crippen LogP contribution in [-0.2, 0) is 0 Å². The van der Waals surface area contributed by atoms with Gasteiger partial charge >= 0.3 is 0 Å². The predicted molar refractivity (Wildman–Crippen MR) is 49.4 cm³/mol. The summed E-state index contributed by atoms with van der Waals surface area (Å²) in [5.41, 5.74) is 6.78. The summed E-state index contributed by atoms with van der Waals surface area (Å²) in [5.74, 6) is 0. The van der Waals surface area contributed by atoms with Crippen LogP contribution in [0.3, 0.4) is 0 Å². The molecular formula is C8H11N5O. The van der Waals surface area contributed by atoms with Gasteiger partial charge in [-0.3, -0.25) is 0 Å². The van der Waals surface area contributed by atoms with Crippen LogP contribution in [0.15, 0.2) is 18.3 Å². The molecule has 2 atom stereocenters. The molecule has 2 heterocycles. The first-order valence-electron chi connectivity index (χ1n) is 4.30. The van der Waals surface area contributed by atoms with E-state index in [4.69, 9.17) is 5.73 Å². The number of pyridine rings is 1. The molecule has 2 aromatic rings. The molecule has 0 aliphatic carbocycles. The molecule has 74 valence electrons. The molecule has 14 heavy (non-hydrogen) atoms. The van der Waals surface area contributed by atoms with E-state index >= 15 is 0 Å². The van der Waals surface area contributed by atoms with Crippen molar-refractivity contribution < 1.29 is 5.11 Å². The molecule has 0 bridgehead atoms. The highest BCUT2D eigenvalue weighted by Gasteiger charge is 2.16. The second-order valence-electron chi connectivity index (χ2n) is 3.21. The first kappa shape index (κ1) is 9.04. The Kier molecular flexibility index (Phi) is 2.14. The minimum absolute atomic E-state index is 0.349. The monoisotopic (exact) mass is 193 g/mol. The smallest absolute Gasteiger partial charge is 0.185 e. The van der Waals surface area contributed by atoms with Gasteiger partial charge in [0.05, 0.1) is 6.10 Å². The summed E-state index contributed by atoms with van der Waals surface area (Å²) < 4.78 is 1.50. The highest BCUT2D eigenvalue weighted by atomic mass is 16.3. The third kappa shape index (κ3) is 1.34. The molecule has 0 saturated carbocycles. The van der Waals surface area contributed by atoms with Gasteiger partial charge in [-0.2, -0.15) is 0 Å². The summed E-state index contributed by atoms with van der Waals surface area (Å²) in [7, 11) is 0. The lowest BCUT2D eigenvalue weighted by Gasteiger charge is -2.14. The van der Waals surface area contributed by atoms with Gasteiger partial charge in [0.2, 0.25) is 0 Å². The van der Waals surface area contributed by atoms with E-state index in [1.807, 2.05) is 0 Å². The van der Waals surface area contributed by atoms with Gasteiger partial charge in [0, 0.05) is 17.8 Å². The van der Waals surface area contributed by atoms with Crippen LogP contribution in [0.1, 0.15) is 18.6 Å². The first-order valence-corrected chi connectivity index (χ1v) is 4.30. The summed E-state index contributed by atoms with van der Waals surface area (Å²) in [6.07, 6.45) is 0.969. The number of rotatable bonds is 2. The maximum Gasteiger partial charge on any atom is 0.185 e. The van der Waals surface area contributed by atoms with Gasteiger partial charge in [0.15, 0.2) is 5.65 Å². The molecule has 0 amide bonds. The fourth-order valence-corrected chi connectivity index (χ4v) is 1.30. The molecule has 2 aromatic heterocycles. The Balaban J connectivity index is 2.56. The number of nitrogens with zero attached hydrogens (tertiary/aromatic N) is 4. The van der Waals surface area contributed by atoms with Gasteiger partial charge in [0.25, 0.3) is 0 Å². The maximum absolute atomic E-state index is 9.78. The normalized spacial score (nSPS) is 15.6. The summed E-state index contributed by atoms with van der Waals surface area (Å²) in [6.45, 7) is 1.73. The van der Waals surface area contributed by atoms with Crippen LogP contribution in [0.5, 0.6) is 0 Å². The second-order valence-corrected chi connectivity index (χ2v) is 3.21. The molecule has 0 aromatic carbocycles. The minimum Gasteiger partial charge on any atom is -0.387 e. The molecule has 0 saturated heterocycles. The van der Waals surface area contributed by atoms with Gasteiger partial charge < -0.3 is 10.8 Å². The van der Waals surface area contributed by atoms with Crippen LogP contribution >= 0.6 is 0 Å². The summed E-state index contributed by atoms with van der Waals surface area (Å²) in [6, 6.07) is 3.18. The van der Waals surface area contributed by atoms with E-state index in [1.54, 1.807) is 25.3 Å². The van der Waals surface area contributed by atoms with Crippen molar-refractivity contribution >= 4 is 5.65 Å². The summed E-state index contributed by atoms with van der Waals surface area (Å²) in [4.78, 5) is 0. The van der Waals surface area contributed by atoms with Crippen LogP contribution in [0.2, 0.25) is 0 Å². The van der Waals surface area contributed by atoms with Gasteiger partial charge in [-0.15, -0.1) is 5.10 Å². The lowest BCUT2D eigenvalue weighted by molar-refractivity contribution is 0.154. The zero-order valence-electron chi connectivity index (χ0n) is 7.70. The number of nitrogens with two attached hydrogens (primary N) is 1. The van der Waals surface area contributed by atoms with E-state index in [0.29, 0.717) is 11.2 Å². The zero-order valence-corrected chi connectivity index (χ0v) is 7.70. The molecule has 6 nitrogen and oxygen atoms in total. The molecule has 0 aliphatic rings. The van der Waals surface area contributed by atoms with Crippen LogP contribution in [0.4, 0.5) is 0 Å². The van der Waals surface area contributed by atoms with Crippen LogP contribution < -0.4 is 5.73 Å². The van der Waals surface area contributed by atoms with Crippen molar-refractivity contribution in [2.75, 3.05) is 0 Å². The highest BCUT2D eigenvalue weighted by Crippen LogP contribution is 2.18. The van der Waals surface area contributed by atoms with Gasteiger partial charge in [-0.1, -0.05) is 6.07 Å². The lowest BCUT2D eigenvalue weighted by atomic mass is 10.1. The van der Waals surface area contributed by atoms with Gasteiger partial charge in [-0.25, -0.2) is 4.52 Å².